The van der Waals surface area contributed by atoms with Crippen molar-refractivity contribution in [2.24, 2.45) is 0 Å². The van der Waals surface area contributed by atoms with Gasteiger partial charge in [-0.2, -0.15) is 11.3 Å². The molecule has 0 aliphatic heterocycles. The molecular formula is C18H22N2S. The maximum absolute atomic E-state index is 3.55. The molecule has 2 nitrogen and oxygen atoms in total. The normalized spacial score (nSPS) is 12.1. The van der Waals surface area contributed by atoms with Gasteiger partial charge in [-0.3, -0.25) is 0 Å². The van der Waals surface area contributed by atoms with Gasteiger partial charge in [-0.25, -0.2) is 0 Å². The lowest BCUT2D eigenvalue weighted by Gasteiger charge is -2.20. The SMILES string of the molecule is CC(C)(C)NCc1ccc2ccn(Cc3ccsc3)c2c1. The molecule has 110 valence electrons. The Balaban J connectivity index is 1.85. The van der Waals surface area contributed by atoms with E-state index in [1.54, 1.807) is 11.3 Å². The van der Waals surface area contributed by atoms with Crippen molar-refractivity contribution in [3.05, 3.63) is 58.4 Å². The van der Waals surface area contributed by atoms with Gasteiger partial charge in [0.2, 0.25) is 0 Å². The average molecular weight is 298 g/mol. The van der Waals surface area contributed by atoms with Gasteiger partial charge >= 0.3 is 0 Å². The molecular weight excluding hydrogens is 276 g/mol. The Bertz CT molecular complexity index is 717. The van der Waals surface area contributed by atoms with Gasteiger partial charge in [-0.05, 0) is 66.2 Å². The van der Waals surface area contributed by atoms with Crippen molar-refractivity contribution in [3.8, 4) is 0 Å². The minimum absolute atomic E-state index is 0.146. The number of aromatic nitrogens is 1. The van der Waals surface area contributed by atoms with E-state index in [9.17, 15) is 0 Å². The molecule has 2 aromatic heterocycles. The third-order valence-electron chi connectivity index (χ3n) is 3.59. The van der Waals surface area contributed by atoms with E-state index in [-0.39, 0.29) is 5.54 Å². The summed E-state index contributed by atoms with van der Waals surface area (Å²) in [6.45, 7) is 8.45. The molecule has 0 aliphatic carbocycles. The monoisotopic (exact) mass is 298 g/mol. The summed E-state index contributed by atoms with van der Waals surface area (Å²) < 4.78 is 2.33. The molecule has 0 fully saturated rings. The van der Waals surface area contributed by atoms with Crippen LogP contribution in [0.25, 0.3) is 10.9 Å². The molecule has 0 saturated carbocycles. The highest BCUT2D eigenvalue weighted by Gasteiger charge is 2.09. The molecule has 0 aliphatic rings. The first-order valence-corrected chi connectivity index (χ1v) is 8.29. The molecule has 21 heavy (non-hydrogen) atoms. The summed E-state index contributed by atoms with van der Waals surface area (Å²) in [6.07, 6.45) is 2.18. The van der Waals surface area contributed by atoms with Gasteiger partial charge in [-0.1, -0.05) is 12.1 Å². The van der Waals surface area contributed by atoms with Crippen molar-refractivity contribution in [2.45, 2.75) is 39.4 Å². The summed E-state index contributed by atoms with van der Waals surface area (Å²) in [4.78, 5) is 0. The van der Waals surface area contributed by atoms with Crippen LogP contribution in [0, 0.1) is 0 Å². The molecule has 3 rings (SSSR count). The van der Waals surface area contributed by atoms with Crippen LogP contribution in [0.1, 0.15) is 31.9 Å². The van der Waals surface area contributed by atoms with Gasteiger partial charge in [0, 0.05) is 30.3 Å². The van der Waals surface area contributed by atoms with Gasteiger partial charge in [0.1, 0.15) is 0 Å². The summed E-state index contributed by atoms with van der Waals surface area (Å²) in [5, 5.41) is 9.22. The van der Waals surface area contributed by atoms with Crippen LogP contribution in [0.5, 0.6) is 0 Å². The zero-order valence-electron chi connectivity index (χ0n) is 12.9. The Morgan fingerprint density at radius 2 is 1.95 bits per heavy atom. The quantitative estimate of drug-likeness (QED) is 0.742. The van der Waals surface area contributed by atoms with Crippen molar-refractivity contribution in [3.63, 3.8) is 0 Å². The molecule has 0 bridgehead atoms. The highest BCUT2D eigenvalue weighted by Crippen LogP contribution is 2.20. The van der Waals surface area contributed by atoms with Gasteiger partial charge in [-0.15, -0.1) is 0 Å². The number of benzene rings is 1. The Morgan fingerprint density at radius 1 is 1.10 bits per heavy atom. The third kappa shape index (κ3) is 3.55. The van der Waals surface area contributed by atoms with Crippen LogP contribution < -0.4 is 5.32 Å². The second-order valence-corrected chi connectivity index (χ2v) is 7.35. The summed E-state index contributed by atoms with van der Waals surface area (Å²) >= 11 is 1.76. The highest BCUT2D eigenvalue weighted by atomic mass is 32.1. The van der Waals surface area contributed by atoms with Gasteiger partial charge in [0.25, 0.3) is 0 Å². The number of rotatable bonds is 4. The second kappa shape index (κ2) is 5.66. The minimum atomic E-state index is 0.146. The summed E-state index contributed by atoms with van der Waals surface area (Å²) in [6, 6.07) is 11.1. The van der Waals surface area contributed by atoms with Crippen LogP contribution in [-0.4, -0.2) is 10.1 Å². The first-order valence-electron chi connectivity index (χ1n) is 7.35. The molecule has 1 N–H and O–H groups in total. The average Bonchev–Trinajstić information content (AvgIpc) is 3.06. The zero-order valence-corrected chi connectivity index (χ0v) is 13.7. The highest BCUT2D eigenvalue weighted by molar-refractivity contribution is 7.07. The van der Waals surface area contributed by atoms with Crippen LogP contribution in [-0.2, 0) is 13.1 Å². The molecule has 0 amide bonds. The molecule has 2 heterocycles. The van der Waals surface area contributed by atoms with Gasteiger partial charge in [0.05, 0.1) is 0 Å². The largest absolute Gasteiger partial charge is 0.343 e. The number of fused-ring (bicyclic) bond motifs is 1. The first-order chi connectivity index (χ1) is 10.0. The van der Waals surface area contributed by atoms with E-state index in [0.29, 0.717) is 0 Å². The van der Waals surface area contributed by atoms with Crippen molar-refractivity contribution in [2.75, 3.05) is 0 Å². The number of nitrogens with zero attached hydrogens (tertiary/aromatic N) is 1. The predicted molar refractivity (Wildman–Crippen MR) is 92.0 cm³/mol. The smallest absolute Gasteiger partial charge is 0.0486 e. The predicted octanol–water partition coefficient (Wildman–Crippen LogP) is 4.64. The lowest BCUT2D eigenvalue weighted by molar-refractivity contribution is 0.424. The van der Waals surface area contributed by atoms with E-state index in [1.807, 2.05) is 0 Å². The maximum atomic E-state index is 3.55. The molecule has 0 saturated heterocycles. The number of hydrogen-bond donors (Lipinski definition) is 1. The zero-order chi connectivity index (χ0) is 14.9. The van der Waals surface area contributed by atoms with E-state index in [1.165, 1.54) is 22.0 Å². The summed E-state index contributed by atoms with van der Waals surface area (Å²) in [5.41, 5.74) is 4.17. The number of thiophene rings is 1. The molecule has 0 atom stereocenters. The fraction of sp³-hybridized carbons (Fsp3) is 0.333. The molecule has 3 aromatic rings. The summed E-state index contributed by atoms with van der Waals surface area (Å²) in [5.74, 6) is 0. The van der Waals surface area contributed by atoms with Gasteiger partial charge in [0.15, 0.2) is 0 Å². The fourth-order valence-electron chi connectivity index (χ4n) is 2.42. The minimum Gasteiger partial charge on any atom is -0.343 e. The first kappa shape index (κ1) is 14.4. The Morgan fingerprint density at radius 3 is 2.67 bits per heavy atom. The standard InChI is InChI=1S/C18H22N2S/c1-18(2,3)19-11-14-4-5-16-6-8-20(17(16)10-14)12-15-7-9-21-13-15/h4-10,13,19H,11-12H2,1-3H3. The van der Waals surface area contributed by atoms with E-state index < -0.39 is 0 Å². The molecule has 3 heteroatoms. The maximum Gasteiger partial charge on any atom is 0.0486 e. The van der Waals surface area contributed by atoms with E-state index in [2.05, 4.69) is 77.9 Å². The van der Waals surface area contributed by atoms with Gasteiger partial charge < -0.3 is 9.88 Å². The van der Waals surface area contributed by atoms with Crippen molar-refractivity contribution >= 4 is 22.2 Å². The van der Waals surface area contributed by atoms with E-state index >= 15 is 0 Å². The van der Waals surface area contributed by atoms with Crippen molar-refractivity contribution < 1.29 is 0 Å². The lowest BCUT2D eigenvalue weighted by atomic mass is 10.1. The van der Waals surface area contributed by atoms with E-state index in [0.717, 1.165) is 13.1 Å². The molecule has 0 unspecified atom stereocenters. The second-order valence-electron chi connectivity index (χ2n) is 6.57. The topological polar surface area (TPSA) is 17.0 Å². The number of hydrogen-bond acceptors (Lipinski definition) is 2. The van der Waals surface area contributed by atoms with Crippen LogP contribution in [0.15, 0.2) is 47.3 Å². The number of nitrogens with one attached hydrogen (secondary N) is 1. The summed E-state index contributed by atoms with van der Waals surface area (Å²) in [7, 11) is 0. The van der Waals surface area contributed by atoms with Crippen LogP contribution >= 0.6 is 11.3 Å². The Kier molecular flexibility index (Phi) is 3.87. The van der Waals surface area contributed by atoms with Crippen LogP contribution in [0.3, 0.4) is 0 Å². The van der Waals surface area contributed by atoms with Crippen LogP contribution in [0.2, 0.25) is 0 Å². The van der Waals surface area contributed by atoms with Crippen molar-refractivity contribution in [1.82, 2.24) is 9.88 Å². The van der Waals surface area contributed by atoms with Crippen molar-refractivity contribution in [1.29, 1.82) is 0 Å². The molecule has 1 aromatic carbocycles. The van der Waals surface area contributed by atoms with Crippen LogP contribution in [0.4, 0.5) is 0 Å². The van der Waals surface area contributed by atoms with E-state index in [4.69, 9.17) is 0 Å². The fourth-order valence-corrected chi connectivity index (χ4v) is 3.08. The molecule has 0 spiro atoms. The Labute approximate surface area is 130 Å². The lowest BCUT2D eigenvalue weighted by Crippen LogP contribution is -2.35. The molecule has 0 radical (unpaired) electrons. The third-order valence-corrected chi connectivity index (χ3v) is 4.33. The Hall–Kier alpha value is -1.58.